The first-order chi connectivity index (χ1) is 10.1. The summed E-state index contributed by atoms with van der Waals surface area (Å²) in [4.78, 5) is 0.333. The molecule has 5 heteroatoms. The summed E-state index contributed by atoms with van der Waals surface area (Å²) in [5.74, 6) is 0. The van der Waals surface area contributed by atoms with Crippen LogP contribution in [-0.2, 0) is 16.6 Å². The summed E-state index contributed by atoms with van der Waals surface area (Å²) in [6.07, 6.45) is 1.81. The molecule has 0 aromatic heterocycles. The molecule has 0 spiro atoms. The van der Waals surface area contributed by atoms with Gasteiger partial charge in [0.2, 0.25) is 0 Å². The molecule has 1 aliphatic rings. The third-order valence-electron chi connectivity index (χ3n) is 3.61. The molecule has 0 aliphatic heterocycles. The maximum atomic E-state index is 12.9. The van der Waals surface area contributed by atoms with E-state index in [2.05, 4.69) is 0 Å². The van der Waals surface area contributed by atoms with E-state index in [1.807, 2.05) is 30.3 Å². The van der Waals surface area contributed by atoms with Crippen molar-refractivity contribution in [2.45, 2.75) is 30.3 Å². The quantitative estimate of drug-likeness (QED) is 0.923. The summed E-state index contributed by atoms with van der Waals surface area (Å²) in [6.45, 7) is 0.454. The Morgan fingerprint density at radius 3 is 2.14 bits per heavy atom. The van der Waals surface area contributed by atoms with Crippen LogP contribution >= 0.6 is 0 Å². The topological polar surface area (TPSA) is 63.4 Å². The minimum atomic E-state index is -3.51. The average molecular weight is 302 g/mol. The van der Waals surface area contributed by atoms with E-state index in [-0.39, 0.29) is 6.04 Å². The second-order valence-electron chi connectivity index (χ2n) is 5.22. The fourth-order valence-electron chi connectivity index (χ4n) is 2.34. The van der Waals surface area contributed by atoms with Gasteiger partial charge in [0.05, 0.1) is 10.6 Å². The molecule has 0 heterocycles. The minimum Gasteiger partial charge on any atom is -0.326 e. The molecule has 21 heavy (non-hydrogen) atoms. The van der Waals surface area contributed by atoms with Crippen LogP contribution in [0.2, 0.25) is 0 Å². The lowest BCUT2D eigenvalue weighted by Crippen LogP contribution is -2.33. The molecule has 0 radical (unpaired) electrons. The van der Waals surface area contributed by atoms with Gasteiger partial charge in [0, 0.05) is 12.6 Å². The van der Waals surface area contributed by atoms with Gasteiger partial charge in [-0.05, 0) is 42.7 Å². The molecule has 2 N–H and O–H groups in total. The van der Waals surface area contributed by atoms with Crippen LogP contribution in [0, 0.1) is 0 Å². The monoisotopic (exact) mass is 302 g/mol. The van der Waals surface area contributed by atoms with E-state index < -0.39 is 10.0 Å². The Hall–Kier alpha value is -1.85. The van der Waals surface area contributed by atoms with E-state index in [0.29, 0.717) is 17.1 Å². The molecule has 2 aromatic carbocycles. The van der Waals surface area contributed by atoms with Gasteiger partial charge in [0.25, 0.3) is 10.0 Å². The Kier molecular flexibility index (Phi) is 3.69. The van der Waals surface area contributed by atoms with E-state index in [4.69, 9.17) is 5.73 Å². The van der Waals surface area contributed by atoms with Crippen molar-refractivity contribution in [2.75, 3.05) is 4.31 Å². The van der Waals surface area contributed by atoms with Crippen LogP contribution < -0.4 is 10.0 Å². The van der Waals surface area contributed by atoms with Crippen LogP contribution in [0.3, 0.4) is 0 Å². The molecule has 0 amide bonds. The van der Waals surface area contributed by atoms with Crippen LogP contribution in [0.15, 0.2) is 59.5 Å². The van der Waals surface area contributed by atoms with Crippen LogP contribution in [0.5, 0.6) is 0 Å². The van der Waals surface area contributed by atoms with Gasteiger partial charge in [-0.15, -0.1) is 0 Å². The summed E-state index contributed by atoms with van der Waals surface area (Å²) in [5, 5.41) is 0. The Bertz CT molecular complexity index is 708. The average Bonchev–Trinajstić information content (AvgIpc) is 3.33. The van der Waals surface area contributed by atoms with Crippen molar-refractivity contribution >= 4 is 15.7 Å². The van der Waals surface area contributed by atoms with Gasteiger partial charge < -0.3 is 5.73 Å². The third-order valence-corrected chi connectivity index (χ3v) is 5.50. The molecule has 0 bridgehead atoms. The van der Waals surface area contributed by atoms with E-state index in [0.717, 1.165) is 18.4 Å². The molecule has 1 aliphatic carbocycles. The van der Waals surface area contributed by atoms with Gasteiger partial charge in [-0.3, -0.25) is 4.31 Å². The highest BCUT2D eigenvalue weighted by molar-refractivity contribution is 7.92. The number of nitrogens with zero attached hydrogens (tertiary/aromatic N) is 1. The summed E-state index contributed by atoms with van der Waals surface area (Å²) < 4.78 is 27.3. The molecule has 0 unspecified atom stereocenters. The fraction of sp³-hybridized carbons (Fsp3) is 0.250. The van der Waals surface area contributed by atoms with Crippen molar-refractivity contribution in [3.05, 3.63) is 60.2 Å². The Morgan fingerprint density at radius 1 is 1.00 bits per heavy atom. The number of nitrogens with two attached hydrogens (primary N) is 1. The first-order valence-electron chi connectivity index (χ1n) is 7.01. The molecule has 4 nitrogen and oxygen atoms in total. The normalized spacial score (nSPS) is 14.9. The van der Waals surface area contributed by atoms with E-state index in [1.165, 1.54) is 0 Å². The number of benzene rings is 2. The van der Waals surface area contributed by atoms with Crippen molar-refractivity contribution in [1.29, 1.82) is 0 Å². The standard InChI is InChI=1S/C16H18N2O2S/c17-12-13-6-8-14(9-7-13)18(15-10-11-15)21(19,20)16-4-2-1-3-5-16/h1-9,15H,10-12,17H2. The SMILES string of the molecule is NCc1ccc(N(C2CC2)S(=O)(=O)c2ccccc2)cc1. The number of rotatable bonds is 5. The first kappa shape index (κ1) is 14.1. The van der Waals surface area contributed by atoms with E-state index >= 15 is 0 Å². The zero-order valence-electron chi connectivity index (χ0n) is 11.6. The number of hydrogen-bond donors (Lipinski definition) is 1. The highest BCUT2D eigenvalue weighted by Crippen LogP contribution is 2.36. The molecule has 1 fully saturated rings. The summed E-state index contributed by atoms with van der Waals surface area (Å²) in [5.41, 5.74) is 7.29. The van der Waals surface area contributed by atoms with Crippen LogP contribution in [0.1, 0.15) is 18.4 Å². The highest BCUT2D eigenvalue weighted by atomic mass is 32.2. The zero-order valence-corrected chi connectivity index (χ0v) is 12.5. The first-order valence-corrected chi connectivity index (χ1v) is 8.45. The third kappa shape index (κ3) is 2.80. The molecular weight excluding hydrogens is 284 g/mol. The predicted molar refractivity (Wildman–Crippen MR) is 83.5 cm³/mol. The molecule has 110 valence electrons. The minimum absolute atomic E-state index is 0.0685. The van der Waals surface area contributed by atoms with Crippen molar-refractivity contribution in [3.63, 3.8) is 0 Å². The second kappa shape index (κ2) is 5.50. The van der Waals surface area contributed by atoms with Crippen molar-refractivity contribution in [2.24, 2.45) is 5.73 Å². The lowest BCUT2D eigenvalue weighted by atomic mass is 10.2. The van der Waals surface area contributed by atoms with Gasteiger partial charge in [-0.2, -0.15) is 0 Å². The predicted octanol–water partition coefficient (Wildman–Crippen LogP) is 2.50. The number of sulfonamides is 1. The maximum absolute atomic E-state index is 12.9. The zero-order chi connectivity index (χ0) is 14.9. The van der Waals surface area contributed by atoms with Crippen LogP contribution in [-0.4, -0.2) is 14.5 Å². The molecule has 3 rings (SSSR count). The van der Waals surface area contributed by atoms with Gasteiger partial charge in [0.15, 0.2) is 0 Å². The second-order valence-corrected chi connectivity index (χ2v) is 7.03. The summed E-state index contributed by atoms with van der Waals surface area (Å²) in [6, 6.07) is 16.1. The van der Waals surface area contributed by atoms with Gasteiger partial charge in [-0.25, -0.2) is 8.42 Å². The van der Waals surface area contributed by atoms with Crippen molar-refractivity contribution < 1.29 is 8.42 Å². The summed E-state index contributed by atoms with van der Waals surface area (Å²) in [7, 11) is -3.51. The Morgan fingerprint density at radius 2 is 1.62 bits per heavy atom. The van der Waals surface area contributed by atoms with Crippen molar-refractivity contribution in [3.8, 4) is 0 Å². The Balaban J connectivity index is 2.02. The number of hydrogen-bond acceptors (Lipinski definition) is 3. The number of anilines is 1. The van der Waals surface area contributed by atoms with Crippen molar-refractivity contribution in [1.82, 2.24) is 0 Å². The van der Waals surface area contributed by atoms with Gasteiger partial charge in [0.1, 0.15) is 0 Å². The van der Waals surface area contributed by atoms with E-state index in [9.17, 15) is 8.42 Å². The molecule has 0 atom stereocenters. The lowest BCUT2D eigenvalue weighted by molar-refractivity contribution is 0.590. The summed E-state index contributed by atoms with van der Waals surface area (Å²) >= 11 is 0. The fourth-order valence-corrected chi connectivity index (χ4v) is 4.07. The molecule has 1 saturated carbocycles. The smallest absolute Gasteiger partial charge is 0.264 e. The maximum Gasteiger partial charge on any atom is 0.264 e. The van der Waals surface area contributed by atoms with Gasteiger partial charge in [-0.1, -0.05) is 30.3 Å². The van der Waals surface area contributed by atoms with E-state index in [1.54, 1.807) is 28.6 Å². The molecule has 2 aromatic rings. The lowest BCUT2D eigenvalue weighted by Gasteiger charge is -2.24. The highest BCUT2D eigenvalue weighted by Gasteiger charge is 2.38. The molecular formula is C16H18N2O2S. The molecule has 0 saturated heterocycles. The van der Waals surface area contributed by atoms with Crippen LogP contribution in [0.4, 0.5) is 5.69 Å². The van der Waals surface area contributed by atoms with Gasteiger partial charge >= 0.3 is 0 Å². The Labute approximate surface area is 125 Å². The largest absolute Gasteiger partial charge is 0.326 e. The van der Waals surface area contributed by atoms with Crippen LogP contribution in [0.25, 0.3) is 0 Å².